The van der Waals surface area contributed by atoms with Crippen molar-refractivity contribution >= 4 is 44.0 Å². The molecule has 13 heavy (non-hydrogen) atoms. The van der Waals surface area contributed by atoms with E-state index in [0.717, 1.165) is 15.2 Å². The first-order chi connectivity index (χ1) is 6.20. The molecule has 2 nitrogen and oxygen atoms in total. The lowest BCUT2D eigenvalue weighted by atomic mass is 10.1. The molecule has 0 amide bonds. The number of halogens is 2. The molecule has 66 valence electrons. The van der Waals surface area contributed by atoms with Gasteiger partial charge in [0.2, 0.25) is 0 Å². The van der Waals surface area contributed by atoms with Gasteiger partial charge in [0.05, 0.1) is 5.69 Å². The molecule has 0 saturated heterocycles. The Labute approximate surface area is 88.8 Å². The summed E-state index contributed by atoms with van der Waals surface area (Å²) in [4.78, 5) is 3.97. The topological polar surface area (TPSA) is 38.9 Å². The molecule has 1 aromatic carbocycles. The van der Waals surface area contributed by atoms with Crippen molar-refractivity contribution in [1.82, 2.24) is 4.98 Å². The zero-order valence-corrected chi connectivity index (χ0v) is 8.93. The highest BCUT2D eigenvalue weighted by atomic mass is 79.9. The highest BCUT2D eigenvalue weighted by Gasteiger charge is 2.04. The third-order valence-electron chi connectivity index (χ3n) is 1.89. The summed E-state index contributed by atoms with van der Waals surface area (Å²) in [6.45, 7) is 0. The van der Waals surface area contributed by atoms with Crippen molar-refractivity contribution in [2.45, 2.75) is 0 Å². The van der Waals surface area contributed by atoms with E-state index in [4.69, 9.17) is 17.3 Å². The van der Waals surface area contributed by atoms with Crippen LogP contribution in [0.3, 0.4) is 0 Å². The zero-order chi connectivity index (χ0) is 9.42. The van der Waals surface area contributed by atoms with Gasteiger partial charge in [-0.2, -0.15) is 0 Å². The van der Waals surface area contributed by atoms with E-state index < -0.39 is 0 Å². The summed E-state index contributed by atoms with van der Waals surface area (Å²) in [6.07, 6.45) is 1.65. The summed E-state index contributed by atoms with van der Waals surface area (Å²) in [5, 5.41) is 2.29. The molecule has 0 aliphatic rings. The molecule has 2 N–H and O–H groups in total. The number of hydrogen-bond donors (Lipinski definition) is 1. The van der Waals surface area contributed by atoms with Gasteiger partial charge < -0.3 is 5.73 Å². The minimum absolute atomic E-state index is 0.483. The molecule has 0 radical (unpaired) electrons. The zero-order valence-electron chi connectivity index (χ0n) is 6.59. The maximum absolute atomic E-state index is 5.90. The predicted octanol–water partition coefficient (Wildman–Crippen LogP) is 3.23. The Kier molecular flexibility index (Phi) is 2.14. The van der Waals surface area contributed by atoms with Crippen molar-refractivity contribution in [3.8, 4) is 0 Å². The summed E-state index contributed by atoms with van der Waals surface area (Å²) in [7, 11) is 0. The second kappa shape index (κ2) is 3.16. The molecular weight excluding hydrogens is 251 g/mol. The van der Waals surface area contributed by atoms with Crippen LogP contribution in [0.15, 0.2) is 28.9 Å². The van der Waals surface area contributed by atoms with Crippen LogP contribution in [0.2, 0.25) is 5.15 Å². The van der Waals surface area contributed by atoms with E-state index in [9.17, 15) is 0 Å². The van der Waals surface area contributed by atoms with Crippen LogP contribution < -0.4 is 5.73 Å². The molecule has 0 bridgehead atoms. The predicted molar refractivity (Wildman–Crippen MR) is 58.9 cm³/mol. The molecule has 0 aliphatic heterocycles. The Hall–Kier alpha value is -0.800. The fourth-order valence-corrected chi connectivity index (χ4v) is 1.78. The van der Waals surface area contributed by atoms with Crippen molar-refractivity contribution < 1.29 is 0 Å². The third-order valence-corrected chi connectivity index (χ3v) is 2.88. The third kappa shape index (κ3) is 1.38. The monoisotopic (exact) mass is 256 g/mol. The lowest BCUT2D eigenvalue weighted by molar-refractivity contribution is 1.36. The molecule has 1 heterocycles. The van der Waals surface area contributed by atoms with Crippen LogP contribution >= 0.6 is 27.5 Å². The first kappa shape index (κ1) is 8.78. The number of anilines is 1. The van der Waals surface area contributed by atoms with Crippen molar-refractivity contribution in [2.24, 2.45) is 0 Å². The summed E-state index contributed by atoms with van der Waals surface area (Å²) >= 11 is 9.25. The van der Waals surface area contributed by atoms with Crippen LogP contribution in [0, 0.1) is 0 Å². The fraction of sp³-hybridized carbons (Fsp3) is 0. The summed E-state index contributed by atoms with van der Waals surface area (Å²) in [5.41, 5.74) is 6.55. The smallest absolute Gasteiger partial charge is 0.136 e. The highest BCUT2D eigenvalue weighted by molar-refractivity contribution is 9.10. The number of nitrogens with zero attached hydrogens (tertiary/aromatic N) is 1. The average Bonchev–Trinajstić information content (AvgIpc) is 2.12. The molecule has 4 heteroatoms. The van der Waals surface area contributed by atoms with Crippen LogP contribution in [0.1, 0.15) is 0 Å². The van der Waals surface area contributed by atoms with E-state index >= 15 is 0 Å². The number of benzene rings is 1. The average molecular weight is 258 g/mol. The Morgan fingerprint density at radius 3 is 2.77 bits per heavy atom. The summed E-state index contributed by atoms with van der Waals surface area (Å²) in [6, 6.07) is 5.61. The van der Waals surface area contributed by atoms with Gasteiger partial charge in [-0.15, -0.1) is 0 Å². The molecule has 0 spiro atoms. The molecule has 2 rings (SSSR count). The lowest BCUT2D eigenvalue weighted by Crippen LogP contribution is -1.89. The van der Waals surface area contributed by atoms with Crippen LogP contribution in [0.5, 0.6) is 0 Å². The van der Waals surface area contributed by atoms with Crippen molar-refractivity contribution in [1.29, 1.82) is 0 Å². The van der Waals surface area contributed by atoms with Gasteiger partial charge in [-0.3, -0.25) is 0 Å². The van der Waals surface area contributed by atoms with E-state index in [2.05, 4.69) is 20.9 Å². The molecule has 1 aromatic heterocycles. The largest absolute Gasteiger partial charge is 0.397 e. The van der Waals surface area contributed by atoms with Gasteiger partial charge in [-0.25, -0.2) is 4.98 Å². The van der Waals surface area contributed by atoms with Crippen LogP contribution in [-0.4, -0.2) is 4.98 Å². The van der Waals surface area contributed by atoms with Gasteiger partial charge >= 0.3 is 0 Å². The van der Waals surface area contributed by atoms with E-state index in [-0.39, 0.29) is 0 Å². The minimum atomic E-state index is 0.483. The number of fused-ring (bicyclic) bond motifs is 1. The second-order valence-electron chi connectivity index (χ2n) is 2.66. The van der Waals surface area contributed by atoms with Crippen LogP contribution in [0.25, 0.3) is 10.8 Å². The first-order valence-corrected chi connectivity index (χ1v) is 4.85. The number of hydrogen-bond acceptors (Lipinski definition) is 2. The van der Waals surface area contributed by atoms with Gasteiger partial charge in [-0.1, -0.05) is 17.7 Å². The molecule has 0 aliphatic carbocycles. The molecular formula is C9H6BrClN2. The molecule has 0 fully saturated rings. The van der Waals surface area contributed by atoms with E-state index in [1.54, 1.807) is 6.20 Å². The Bertz CT molecular complexity index is 470. The van der Waals surface area contributed by atoms with Gasteiger partial charge in [0.25, 0.3) is 0 Å². The number of nitrogens with two attached hydrogens (primary N) is 1. The molecule has 0 saturated carbocycles. The fourth-order valence-electron chi connectivity index (χ4n) is 1.22. The van der Waals surface area contributed by atoms with E-state index in [0.29, 0.717) is 10.8 Å². The summed E-state index contributed by atoms with van der Waals surface area (Å²) < 4.78 is 0.877. The normalized spacial score (nSPS) is 10.6. The number of pyridine rings is 1. The standard InChI is InChI=1S/C9H6BrClN2/c10-7-2-1-6-5(8(7)12)3-4-13-9(6)11/h1-4H,12H2. The van der Waals surface area contributed by atoms with Gasteiger partial charge in [0, 0.05) is 21.4 Å². The van der Waals surface area contributed by atoms with Crippen molar-refractivity contribution in [3.05, 3.63) is 34.0 Å². The van der Waals surface area contributed by atoms with Crippen LogP contribution in [-0.2, 0) is 0 Å². The maximum atomic E-state index is 5.90. The maximum Gasteiger partial charge on any atom is 0.136 e. The SMILES string of the molecule is Nc1c(Br)ccc2c(Cl)nccc12. The first-order valence-electron chi connectivity index (χ1n) is 3.68. The Morgan fingerprint density at radius 2 is 2.00 bits per heavy atom. The summed E-state index contributed by atoms with van der Waals surface area (Å²) in [5.74, 6) is 0. The van der Waals surface area contributed by atoms with Crippen molar-refractivity contribution in [3.63, 3.8) is 0 Å². The van der Waals surface area contributed by atoms with Crippen molar-refractivity contribution in [2.75, 3.05) is 5.73 Å². The lowest BCUT2D eigenvalue weighted by Gasteiger charge is -2.04. The van der Waals surface area contributed by atoms with Gasteiger partial charge in [-0.05, 0) is 28.1 Å². The Morgan fingerprint density at radius 1 is 1.23 bits per heavy atom. The van der Waals surface area contributed by atoms with E-state index in [1.165, 1.54) is 0 Å². The van der Waals surface area contributed by atoms with Gasteiger partial charge in [0.1, 0.15) is 5.15 Å². The quantitative estimate of drug-likeness (QED) is 0.581. The van der Waals surface area contributed by atoms with Gasteiger partial charge in [0.15, 0.2) is 0 Å². The minimum Gasteiger partial charge on any atom is -0.397 e. The molecule has 0 unspecified atom stereocenters. The highest BCUT2D eigenvalue weighted by Crippen LogP contribution is 2.31. The van der Waals surface area contributed by atoms with Crippen LogP contribution in [0.4, 0.5) is 5.69 Å². The Balaban J connectivity index is 2.94. The molecule has 0 atom stereocenters. The number of nitrogen functional groups attached to an aromatic ring is 1. The second-order valence-corrected chi connectivity index (χ2v) is 3.87. The molecule has 2 aromatic rings. The number of aromatic nitrogens is 1. The number of rotatable bonds is 0. The van der Waals surface area contributed by atoms with E-state index in [1.807, 2.05) is 18.2 Å².